The summed E-state index contributed by atoms with van der Waals surface area (Å²) >= 11 is 1.84. The number of aryl methyl sites for hydroxylation is 1. The molecule has 2 heteroatoms. The molecule has 0 amide bonds. The summed E-state index contributed by atoms with van der Waals surface area (Å²) in [5.41, 5.74) is 1.29. The van der Waals surface area contributed by atoms with Gasteiger partial charge in [-0.3, -0.25) is 0 Å². The fourth-order valence-electron chi connectivity index (χ4n) is 1.82. The molecule has 1 atom stereocenters. The fraction of sp³-hybridized carbons (Fsp3) is 0.412. The van der Waals surface area contributed by atoms with E-state index in [4.69, 9.17) is 4.74 Å². The smallest absolute Gasteiger partial charge is 0.0750 e. The van der Waals surface area contributed by atoms with Crippen LogP contribution in [0.1, 0.15) is 19.4 Å². The zero-order valence-corrected chi connectivity index (χ0v) is 13.2. The second kappa shape index (κ2) is 7.56. The molecule has 1 aromatic rings. The van der Waals surface area contributed by atoms with Crippen LogP contribution in [-0.4, -0.2) is 19.0 Å². The number of benzene rings is 1. The molecule has 1 nitrogen and oxygen atoms in total. The predicted octanol–water partition coefficient (Wildman–Crippen LogP) is 4.87. The van der Waals surface area contributed by atoms with Crippen LogP contribution in [0.4, 0.5) is 0 Å². The van der Waals surface area contributed by atoms with Crippen molar-refractivity contribution in [3.63, 3.8) is 0 Å². The first-order valence-electron chi connectivity index (χ1n) is 6.52. The number of methoxy groups -OCH3 is 1. The molecular weight excluding hydrogens is 252 g/mol. The number of ether oxygens (including phenoxy) is 1. The minimum atomic E-state index is 0.000632. The van der Waals surface area contributed by atoms with Crippen molar-refractivity contribution in [3.8, 4) is 0 Å². The highest BCUT2D eigenvalue weighted by atomic mass is 32.2. The topological polar surface area (TPSA) is 9.23 Å². The Hall–Kier alpha value is -0.990. The number of hydrogen-bond acceptors (Lipinski definition) is 2. The lowest BCUT2D eigenvalue weighted by molar-refractivity contribution is 0.0501. The molecule has 0 N–H and O–H groups in total. The number of thioether (sulfide) groups is 1. The summed E-state index contributed by atoms with van der Waals surface area (Å²) in [5, 5.41) is 0. The van der Waals surface area contributed by atoms with Crippen molar-refractivity contribution in [1.29, 1.82) is 0 Å². The van der Waals surface area contributed by atoms with Crippen LogP contribution in [0, 0.1) is 12.3 Å². The Bertz CT molecular complexity index is 417. The van der Waals surface area contributed by atoms with Crippen molar-refractivity contribution >= 4 is 11.8 Å². The second-order valence-corrected chi connectivity index (χ2v) is 6.36. The summed E-state index contributed by atoms with van der Waals surface area (Å²) < 4.78 is 5.65. The van der Waals surface area contributed by atoms with E-state index < -0.39 is 0 Å². The van der Waals surface area contributed by atoms with Gasteiger partial charge in [-0.2, -0.15) is 0 Å². The first kappa shape index (κ1) is 16.1. The molecule has 104 valence electrons. The largest absolute Gasteiger partial charge is 0.380 e. The van der Waals surface area contributed by atoms with E-state index in [1.54, 1.807) is 7.11 Å². The highest BCUT2D eigenvalue weighted by molar-refractivity contribution is 7.99. The average molecular weight is 276 g/mol. The summed E-state index contributed by atoms with van der Waals surface area (Å²) in [6, 6.07) is 8.62. The second-order valence-electron chi connectivity index (χ2n) is 5.26. The van der Waals surface area contributed by atoms with Crippen molar-refractivity contribution in [2.75, 3.05) is 12.9 Å². The van der Waals surface area contributed by atoms with Gasteiger partial charge in [0.15, 0.2) is 0 Å². The summed E-state index contributed by atoms with van der Waals surface area (Å²) in [7, 11) is 1.78. The molecular formula is C17H24OS. The van der Waals surface area contributed by atoms with Gasteiger partial charge in [0.25, 0.3) is 0 Å². The fourth-order valence-corrected chi connectivity index (χ4v) is 3.05. The molecule has 19 heavy (non-hydrogen) atoms. The molecule has 0 aliphatic carbocycles. The highest BCUT2D eigenvalue weighted by Gasteiger charge is 2.26. The third-order valence-corrected chi connectivity index (χ3v) is 4.27. The van der Waals surface area contributed by atoms with Gasteiger partial charge in [0.2, 0.25) is 0 Å². The molecule has 0 bridgehead atoms. The molecule has 0 aliphatic heterocycles. The van der Waals surface area contributed by atoms with Crippen molar-refractivity contribution in [2.24, 2.45) is 5.41 Å². The lowest BCUT2D eigenvalue weighted by Crippen LogP contribution is -2.31. The lowest BCUT2D eigenvalue weighted by atomic mass is 9.87. The molecule has 0 heterocycles. The Balaban J connectivity index is 2.64. The van der Waals surface area contributed by atoms with Gasteiger partial charge in [-0.05, 0) is 19.1 Å². The molecule has 0 radical (unpaired) electrons. The van der Waals surface area contributed by atoms with Crippen LogP contribution in [-0.2, 0) is 4.74 Å². The Kier molecular flexibility index (Phi) is 6.40. The number of rotatable bonds is 7. The van der Waals surface area contributed by atoms with Crippen molar-refractivity contribution in [1.82, 2.24) is 0 Å². The van der Waals surface area contributed by atoms with E-state index in [0.717, 1.165) is 5.75 Å². The summed E-state index contributed by atoms with van der Waals surface area (Å²) in [4.78, 5) is 1.29. The van der Waals surface area contributed by atoms with Crippen molar-refractivity contribution in [2.45, 2.75) is 31.8 Å². The van der Waals surface area contributed by atoms with Gasteiger partial charge in [0, 0.05) is 23.2 Å². The molecule has 0 aliphatic rings. The monoisotopic (exact) mass is 276 g/mol. The molecule has 0 fully saturated rings. The Labute approximate surface area is 121 Å². The van der Waals surface area contributed by atoms with Crippen LogP contribution in [0.5, 0.6) is 0 Å². The number of allylic oxidation sites excluding steroid dienone is 2. The van der Waals surface area contributed by atoms with Crippen LogP contribution in [0.3, 0.4) is 0 Å². The van der Waals surface area contributed by atoms with Gasteiger partial charge in [0.1, 0.15) is 0 Å². The molecule has 0 saturated heterocycles. The maximum Gasteiger partial charge on any atom is 0.0750 e. The Morgan fingerprint density at radius 2 is 1.95 bits per heavy atom. The molecule has 0 spiro atoms. The maximum atomic E-state index is 5.65. The quantitative estimate of drug-likeness (QED) is 0.519. The van der Waals surface area contributed by atoms with Crippen molar-refractivity contribution < 1.29 is 4.74 Å². The minimum absolute atomic E-state index is 0.000632. The van der Waals surface area contributed by atoms with Gasteiger partial charge >= 0.3 is 0 Å². The van der Waals surface area contributed by atoms with Gasteiger partial charge < -0.3 is 4.74 Å². The molecule has 0 aromatic heterocycles. The summed E-state index contributed by atoms with van der Waals surface area (Å²) in [6.45, 7) is 10.2. The molecule has 0 saturated carbocycles. The minimum Gasteiger partial charge on any atom is -0.380 e. The van der Waals surface area contributed by atoms with E-state index in [1.807, 2.05) is 23.9 Å². The molecule has 1 unspecified atom stereocenters. The van der Waals surface area contributed by atoms with Gasteiger partial charge in [0.05, 0.1) is 6.10 Å². The SMILES string of the molecule is C=C/C=C/C(C)(C)C(CSc1ccc(C)cc1)OC. The van der Waals surface area contributed by atoms with Crippen molar-refractivity contribution in [3.05, 3.63) is 54.6 Å². The van der Waals surface area contributed by atoms with E-state index in [0.29, 0.717) is 0 Å². The zero-order chi connectivity index (χ0) is 14.3. The van der Waals surface area contributed by atoms with E-state index >= 15 is 0 Å². The highest BCUT2D eigenvalue weighted by Crippen LogP contribution is 2.30. The van der Waals surface area contributed by atoms with Crippen LogP contribution >= 0.6 is 11.8 Å². The van der Waals surface area contributed by atoms with E-state index in [9.17, 15) is 0 Å². The number of hydrogen-bond donors (Lipinski definition) is 0. The Morgan fingerprint density at radius 3 is 2.47 bits per heavy atom. The van der Waals surface area contributed by atoms with Crippen LogP contribution in [0.25, 0.3) is 0 Å². The zero-order valence-electron chi connectivity index (χ0n) is 12.3. The van der Waals surface area contributed by atoms with Gasteiger partial charge in [-0.1, -0.05) is 56.4 Å². The standard InChI is InChI=1S/C17H24OS/c1-6-7-12-17(3,4)16(18-5)13-19-15-10-8-14(2)9-11-15/h6-12,16H,1,13H2,2-5H3/b12-7+. The van der Waals surface area contributed by atoms with Gasteiger partial charge in [-0.15, -0.1) is 11.8 Å². The summed E-state index contributed by atoms with van der Waals surface area (Å²) in [5.74, 6) is 0.939. The molecule has 1 aromatic carbocycles. The van der Waals surface area contributed by atoms with E-state index in [1.165, 1.54) is 10.5 Å². The first-order valence-corrected chi connectivity index (χ1v) is 7.50. The summed E-state index contributed by atoms with van der Waals surface area (Å²) in [6.07, 6.45) is 6.13. The first-order chi connectivity index (χ1) is 8.99. The van der Waals surface area contributed by atoms with E-state index in [-0.39, 0.29) is 11.5 Å². The average Bonchev–Trinajstić information content (AvgIpc) is 2.39. The third-order valence-electron chi connectivity index (χ3n) is 3.20. The third kappa shape index (κ3) is 5.25. The Morgan fingerprint density at radius 1 is 1.32 bits per heavy atom. The lowest BCUT2D eigenvalue weighted by Gasteiger charge is -2.30. The molecule has 1 rings (SSSR count). The van der Waals surface area contributed by atoms with E-state index in [2.05, 4.69) is 57.7 Å². The van der Waals surface area contributed by atoms with Crippen LogP contribution < -0.4 is 0 Å². The van der Waals surface area contributed by atoms with Crippen LogP contribution in [0.2, 0.25) is 0 Å². The van der Waals surface area contributed by atoms with Crippen LogP contribution in [0.15, 0.2) is 54.0 Å². The normalized spacial score (nSPS) is 13.7. The van der Waals surface area contributed by atoms with Gasteiger partial charge in [-0.25, -0.2) is 0 Å². The maximum absolute atomic E-state index is 5.65. The predicted molar refractivity (Wildman–Crippen MR) is 85.8 cm³/mol.